The third-order valence-corrected chi connectivity index (χ3v) is 5.97. The number of methoxy groups -OCH3 is 1. The fourth-order valence-electron chi connectivity index (χ4n) is 4.37. The SMILES string of the molecule is CC.COC1=CC=CC=C(C2c3c(n[nH]c3C(C)C)C(=O)N2c2ccc(-c3cnoc3)cc2)C1. The van der Waals surface area contributed by atoms with E-state index in [4.69, 9.17) is 9.26 Å². The van der Waals surface area contributed by atoms with Crippen LogP contribution in [0.4, 0.5) is 5.69 Å². The van der Waals surface area contributed by atoms with Gasteiger partial charge in [-0.05, 0) is 35.3 Å². The van der Waals surface area contributed by atoms with E-state index in [1.807, 2.05) is 61.2 Å². The van der Waals surface area contributed by atoms with Gasteiger partial charge in [0.2, 0.25) is 0 Å². The van der Waals surface area contributed by atoms with Crippen LogP contribution < -0.4 is 4.90 Å². The third kappa shape index (κ3) is 4.09. The molecule has 1 aliphatic heterocycles. The number of H-pyrrole nitrogens is 1. The summed E-state index contributed by atoms with van der Waals surface area (Å²) in [6, 6.07) is 7.59. The number of hydrogen-bond acceptors (Lipinski definition) is 5. The molecule has 0 saturated carbocycles. The van der Waals surface area contributed by atoms with Crippen molar-refractivity contribution in [1.82, 2.24) is 15.4 Å². The molecule has 5 rings (SSSR count). The average molecular weight is 459 g/mol. The summed E-state index contributed by atoms with van der Waals surface area (Å²) >= 11 is 0. The van der Waals surface area contributed by atoms with Crippen molar-refractivity contribution in [2.24, 2.45) is 0 Å². The van der Waals surface area contributed by atoms with Crippen molar-refractivity contribution >= 4 is 11.6 Å². The standard InChI is InChI=1S/C25H24N4O3.C2H6/c1-15(2)22-21-23(28-27-22)25(30)29(24(21)17-6-4-5-7-20(12-17)31-3)19-10-8-16(9-11-19)18-13-26-32-14-18;1-2/h4-11,13-15,24H,12H2,1-3H3,(H,27,28);1-2H3. The molecule has 2 aliphatic rings. The van der Waals surface area contributed by atoms with Gasteiger partial charge >= 0.3 is 0 Å². The number of carbonyl (C=O) groups excluding carboxylic acids is 1. The third-order valence-electron chi connectivity index (χ3n) is 5.97. The zero-order valence-corrected chi connectivity index (χ0v) is 20.2. The van der Waals surface area contributed by atoms with Gasteiger partial charge in [0.25, 0.3) is 5.91 Å². The number of aromatic amines is 1. The van der Waals surface area contributed by atoms with E-state index in [-0.39, 0.29) is 17.9 Å². The molecule has 176 valence electrons. The number of nitrogens with one attached hydrogen (secondary N) is 1. The van der Waals surface area contributed by atoms with E-state index in [9.17, 15) is 4.79 Å². The molecule has 0 bridgehead atoms. The fraction of sp³-hybridized carbons (Fsp3) is 0.296. The lowest BCUT2D eigenvalue weighted by atomic mass is 9.92. The lowest BCUT2D eigenvalue weighted by Crippen LogP contribution is -2.30. The number of carbonyl (C=O) groups is 1. The lowest BCUT2D eigenvalue weighted by molar-refractivity contribution is 0.0988. The van der Waals surface area contributed by atoms with Crippen LogP contribution in [0.2, 0.25) is 0 Å². The van der Waals surface area contributed by atoms with Crippen LogP contribution in [-0.2, 0) is 4.74 Å². The Bertz CT molecular complexity index is 1230. The van der Waals surface area contributed by atoms with Crippen molar-refractivity contribution in [3.63, 3.8) is 0 Å². The molecule has 3 heterocycles. The smallest absolute Gasteiger partial charge is 0.279 e. The van der Waals surface area contributed by atoms with Gasteiger partial charge in [-0.1, -0.05) is 63.2 Å². The van der Waals surface area contributed by atoms with Crippen LogP contribution in [0.25, 0.3) is 11.1 Å². The molecular formula is C27H30N4O3. The molecule has 34 heavy (non-hydrogen) atoms. The first kappa shape index (κ1) is 23.3. The van der Waals surface area contributed by atoms with Gasteiger partial charge in [0.15, 0.2) is 5.69 Å². The summed E-state index contributed by atoms with van der Waals surface area (Å²) in [5, 5.41) is 11.3. The molecule has 0 fully saturated rings. The number of nitrogens with zero attached hydrogens (tertiary/aromatic N) is 3. The van der Waals surface area contributed by atoms with Crippen molar-refractivity contribution in [2.75, 3.05) is 12.0 Å². The number of allylic oxidation sites excluding steroid dienone is 5. The normalized spacial score (nSPS) is 17.1. The zero-order valence-electron chi connectivity index (χ0n) is 20.2. The van der Waals surface area contributed by atoms with Crippen LogP contribution in [0.15, 0.2) is 76.9 Å². The van der Waals surface area contributed by atoms with E-state index in [1.165, 1.54) is 0 Å². The molecule has 0 saturated heterocycles. The first-order valence-electron chi connectivity index (χ1n) is 11.6. The van der Waals surface area contributed by atoms with Gasteiger partial charge in [-0.3, -0.25) is 14.8 Å². The maximum absolute atomic E-state index is 13.6. The summed E-state index contributed by atoms with van der Waals surface area (Å²) < 4.78 is 10.5. The van der Waals surface area contributed by atoms with Gasteiger partial charge in [0.05, 0.1) is 25.1 Å². The number of rotatable bonds is 5. The van der Waals surface area contributed by atoms with Crippen LogP contribution in [0, 0.1) is 0 Å². The highest BCUT2D eigenvalue weighted by Gasteiger charge is 2.44. The summed E-state index contributed by atoms with van der Waals surface area (Å²) in [6.07, 6.45) is 11.9. The number of hydrogen-bond donors (Lipinski definition) is 1. The van der Waals surface area contributed by atoms with Crippen molar-refractivity contribution in [3.8, 4) is 11.1 Å². The zero-order chi connectivity index (χ0) is 24.2. The van der Waals surface area contributed by atoms with Gasteiger partial charge in [-0.15, -0.1) is 0 Å². The molecule has 0 spiro atoms. The Labute approximate surface area is 199 Å². The second-order valence-electron chi connectivity index (χ2n) is 8.23. The van der Waals surface area contributed by atoms with Crippen LogP contribution in [0.5, 0.6) is 0 Å². The van der Waals surface area contributed by atoms with Crippen molar-refractivity contribution < 1.29 is 14.1 Å². The van der Waals surface area contributed by atoms with E-state index in [0.717, 1.165) is 39.4 Å². The molecule has 1 aromatic carbocycles. The van der Waals surface area contributed by atoms with Gasteiger partial charge < -0.3 is 9.26 Å². The Morgan fingerprint density at radius 3 is 2.50 bits per heavy atom. The second-order valence-corrected chi connectivity index (χ2v) is 8.23. The average Bonchev–Trinajstić information content (AvgIpc) is 3.55. The molecule has 7 heteroatoms. The van der Waals surface area contributed by atoms with E-state index >= 15 is 0 Å². The van der Waals surface area contributed by atoms with E-state index < -0.39 is 0 Å². The molecule has 1 atom stereocenters. The summed E-state index contributed by atoms with van der Waals surface area (Å²) in [5.74, 6) is 0.947. The van der Waals surface area contributed by atoms with E-state index in [2.05, 4.69) is 35.3 Å². The van der Waals surface area contributed by atoms with Crippen molar-refractivity contribution in [3.05, 3.63) is 89.3 Å². The first-order chi connectivity index (χ1) is 16.6. The Morgan fingerprint density at radius 2 is 1.85 bits per heavy atom. The predicted molar refractivity (Wildman–Crippen MR) is 132 cm³/mol. The van der Waals surface area contributed by atoms with E-state index in [0.29, 0.717) is 12.1 Å². The van der Waals surface area contributed by atoms with Gasteiger partial charge in [0.1, 0.15) is 6.26 Å². The van der Waals surface area contributed by atoms with E-state index in [1.54, 1.807) is 19.6 Å². The van der Waals surface area contributed by atoms with Gasteiger partial charge in [-0.2, -0.15) is 5.10 Å². The number of aromatic nitrogens is 3. The largest absolute Gasteiger partial charge is 0.501 e. The molecule has 3 aromatic rings. The predicted octanol–water partition coefficient (Wildman–Crippen LogP) is 6.33. The van der Waals surface area contributed by atoms with Crippen molar-refractivity contribution in [2.45, 2.75) is 46.1 Å². The molecule has 1 amide bonds. The molecule has 7 nitrogen and oxygen atoms in total. The minimum Gasteiger partial charge on any atom is -0.501 e. The molecule has 0 radical (unpaired) electrons. The Balaban J connectivity index is 0.00000133. The Hall–Kier alpha value is -3.87. The second kappa shape index (κ2) is 9.95. The highest BCUT2D eigenvalue weighted by Crippen LogP contribution is 2.46. The molecule has 1 aliphatic carbocycles. The maximum atomic E-state index is 13.6. The topological polar surface area (TPSA) is 84.2 Å². The Morgan fingerprint density at radius 1 is 1.12 bits per heavy atom. The van der Waals surface area contributed by atoms with Crippen LogP contribution >= 0.6 is 0 Å². The van der Waals surface area contributed by atoms with Crippen LogP contribution in [0.3, 0.4) is 0 Å². The highest BCUT2D eigenvalue weighted by molar-refractivity contribution is 6.10. The van der Waals surface area contributed by atoms with Crippen molar-refractivity contribution in [1.29, 1.82) is 0 Å². The lowest BCUT2D eigenvalue weighted by Gasteiger charge is -2.29. The van der Waals surface area contributed by atoms with Crippen LogP contribution in [-0.4, -0.2) is 28.4 Å². The number of anilines is 1. The summed E-state index contributed by atoms with van der Waals surface area (Å²) in [4.78, 5) is 15.4. The minimum absolute atomic E-state index is 0.108. The maximum Gasteiger partial charge on any atom is 0.279 e. The number of amides is 1. The number of benzene rings is 1. The summed E-state index contributed by atoms with van der Waals surface area (Å²) in [5.41, 5.74) is 6.17. The number of ether oxygens (including phenoxy) is 1. The highest BCUT2D eigenvalue weighted by atomic mass is 16.5. The fourth-order valence-corrected chi connectivity index (χ4v) is 4.37. The molecule has 2 aromatic heterocycles. The first-order valence-corrected chi connectivity index (χ1v) is 11.6. The Kier molecular flexibility index (Phi) is 6.82. The summed E-state index contributed by atoms with van der Waals surface area (Å²) in [6.45, 7) is 8.21. The monoisotopic (exact) mass is 458 g/mol. The minimum atomic E-state index is -0.267. The van der Waals surface area contributed by atoms with Gasteiger partial charge in [-0.25, -0.2) is 0 Å². The summed E-state index contributed by atoms with van der Waals surface area (Å²) in [7, 11) is 1.67. The van der Waals surface area contributed by atoms with Gasteiger partial charge in [0, 0.05) is 28.9 Å². The molecular weight excluding hydrogens is 428 g/mol. The van der Waals surface area contributed by atoms with Crippen LogP contribution in [0.1, 0.15) is 67.8 Å². The molecule has 1 unspecified atom stereocenters. The molecule has 1 N–H and O–H groups in total. The number of fused-ring (bicyclic) bond motifs is 1. The quantitative estimate of drug-likeness (QED) is 0.483.